The molecule has 0 amide bonds. The summed E-state index contributed by atoms with van der Waals surface area (Å²) in [5.41, 5.74) is 3.54. The monoisotopic (exact) mass is 299 g/mol. The highest BCUT2D eigenvalue weighted by Gasteiger charge is 2.23. The van der Waals surface area contributed by atoms with E-state index in [0.717, 1.165) is 18.0 Å². The van der Waals surface area contributed by atoms with E-state index in [1.807, 2.05) is 12.4 Å². The molecular formula is C19H29N3. The molecule has 1 aliphatic rings. The molecule has 0 N–H and O–H groups in total. The molecule has 0 aliphatic carbocycles. The second kappa shape index (κ2) is 7.17. The van der Waals surface area contributed by atoms with Crippen LogP contribution in [0.3, 0.4) is 0 Å². The van der Waals surface area contributed by atoms with Gasteiger partial charge in [0, 0.05) is 29.9 Å². The number of aliphatic imine (C=N–C) groups is 2. The van der Waals surface area contributed by atoms with Crippen molar-refractivity contribution in [2.75, 3.05) is 6.54 Å². The van der Waals surface area contributed by atoms with Crippen LogP contribution in [0.1, 0.15) is 64.6 Å². The van der Waals surface area contributed by atoms with E-state index in [1.165, 1.54) is 5.56 Å². The Kier molecular flexibility index (Phi) is 5.49. The van der Waals surface area contributed by atoms with Gasteiger partial charge in [0.2, 0.25) is 0 Å². The summed E-state index contributed by atoms with van der Waals surface area (Å²) >= 11 is 0. The first-order chi connectivity index (χ1) is 10.4. The number of hydrogen-bond donors (Lipinski definition) is 0. The molecule has 1 aliphatic heterocycles. The van der Waals surface area contributed by atoms with Gasteiger partial charge in [-0.3, -0.25) is 15.0 Å². The zero-order chi connectivity index (χ0) is 16.3. The van der Waals surface area contributed by atoms with Crippen molar-refractivity contribution in [2.45, 2.75) is 59.4 Å². The quantitative estimate of drug-likeness (QED) is 0.789. The Bertz CT molecular complexity index is 540. The second-order valence-corrected chi connectivity index (χ2v) is 7.10. The lowest BCUT2D eigenvalue weighted by Gasteiger charge is -2.24. The molecule has 120 valence electrons. The molecule has 2 heterocycles. The fourth-order valence-electron chi connectivity index (χ4n) is 2.64. The van der Waals surface area contributed by atoms with Crippen LogP contribution in [0, 0.1) is 11.8 Å². The smallest absolute Gasteiger partial charge is 0.0718 e. The predicted octanol–water partition coefficient (Wildman–Crippen LogP) is 4.49. The molecule has 0 spiro atoms. The summed E-state index contributed by atoms with van der Waals surface area (Å²) in [5, 5.41) is 0. The topological polar surface area (TPSA) is 37.6 Å². The molecule has 0 radical (unpaired) electrons. The molecule has 2 rings (SSSR count). The van der Waals surface area contributed by atoms with Gasteiger partial charge < -0.3 is 0 Å². The third-order valence-corrected chi connectivity index (χ3v) is 4.79. The largest absolute Gasteiger partial charge is 0.286 e. The van der Waals surface area contributed by atoms with Gasteiger partial charge in [-0.05, 0) is 23.5 Å². The molecule has 0 aromatic carbocycles. The van der Waals surface area contributed by atoms with E-state index in [0.29, 0.717) is 29.7 Å². The molecule has 22 heavy (non-hydrogen) atoms. The molecule has 3 atom stereocenters. The van der Waals surface area contributed by atoms with E-state index < -0.39 is 0 Å². The summed E-state index contributed by atoms with van der Waals surface area (Å²) in [7, 11) is 0. The van der Waals surface area contributed by atoms with Crippen LogP contribution in [0.2, 0.25) is 0 Å². The standard InChI is InChI=1S/C19H29N3/c1-12(2)16-7-8-17(20-9-16)14(5)15(6)19-11-21-18(10-22-19)13(3)4/h7-9,11-15,18H,10H2,1-6H3. The molecule has 3 nitrogen and oxygen atoms in total. The highest BCUT2D eigenvalue weighted by atomic mass is 14.9. The van der Waals surface area contributed by atoms with Crippen molar-refractivity contribution in [1.82, 2.24) is 4.98 Å². The van der Waals surface area contributed by atoms with Gasteiger partial charge >= 0.3 is 0 Å². The Morgan fingerprint density at radius 3 is 2.18 bits per heavy atom. The van der Waals surface area contributed by atoms with Gasteiger partial charge in [0.25, 0.3) is 0 Å². The highest BCUT2D eigenvalue weighted by Crippen LogP contribution is 2.26. The summed E-state index contributed by atoms with van der Waals surface area (Å²) in [6.07, 6.45) is 3.99. The van der Waals surface area contributed by atoms with Crippen molar-refractivity contribution in [1.29, 1.82) is 0 Å². The predicted molar refractivity (Wildman–Crippen MR) is 95.3 cm³/mol. The number of pyridine rings is 1. The van der Waals surface area contributed by atoms with Gasteiger partial charge in [-0.2, -0.15) is 0 Å². The Balaban J connectivity index is 2.06. The van der Waals surface area contributed by atoms with Gasteiger partial charge in [-0.25, -0.2) is 0 Å². The maximum atomic E-state index is 4.76. The SMILES string of the molecule is CC(C)c1ccc(C(C)C(C)C2=NCC(C(C)C)N=C2)nc1. The maximum Gasteiger partial charge on any atom is 0.0718 e. The van der Waals surface area contributed by atoms with Crippen LogP contribution in [-0.4, -0.2) is 29.5 Å². The van der Waals surface area contributed by atoms with Crippen LogP contribution < -0.4 is 0 Å². The van der Waals surface area contributed by atoms with E-state index in [2.05, 4.69) is 63.7 Å². The lowest BCUT2D eigenvalue weighted by molar-refractivity contribution is 0.499. The van der Waals surface area contributed by atoms with E-state index in [-0.39, 0.29) is 0 Å². The van der Waals surface area contributed by atoms with Crippen molar-refractivity contribution in [2.24, 2.45) is 21.8 Å². The Hall–Kier alpha value is -1.51. The maximum absolute atomic E-state index is 4.76. The summed E-state index contributed by atoms with van der Waals surface area (Å²) < 4.78 is 0. The molecule has 0 fully saturated rings. The Morgan fingerprint density at radius 1 is 1.00 bits per heavy atom. The summed E-state index contributed by atoms with van der Waals surface area (Å²) in [6, 6.07) is 4.70. The molecular weight excluding hydrogens is 270 g/mol. The van der Waals surface area contributed by atoms with Crippen LogP contribution in [0.5, 0.6) is 0 Å². The minimum atomic E-state index is 0.342. The summed E-state index contributed by atoms with van der Waals surface area (Å²) in [5.74, 6) is 1.77. The number of hydrogen-bond acceptors (Lipinski definition) is 3. The van der Waals surface area contributed by atoms with Crippen LogP contribution in [0.15, 0.2) is 28.3 Å². The normalized spacial score (nSPS) is 21.1. The number of aromatic nitrogens is 1. The molecule has 3 unspecified atom stereocenters. The van der Waals surface area contributed by atoms with Crippen LogP contribution in [-0.2, 0) is 0 Å². The van der Waals surface area contributed by atoms with Crippen molar-refractivity contribution >= 4 is 11.9 Å². The third kappa shape index (κ3) is 3.82. The first-order valence-electron chi connectivity index (χ1n) is 8.43. The lowest BCUT2D eigenvalue weighted by Crippen LogP contribution is -2.28. The second-order valence-electron chi connectivity index (χ2n) is 7.10. The van der Waals surface area contributed by atoms with E-state index in [1.54, 1.807) is 0 Å². The van der Waals surface area contributed by atoms with Crippen molar-refractivity contribution in [3.05, 3.63) is 29.6 Å². The lowest BCUT2D eigenvalue weighted by atomic mass is 9.87. The minimum absolute atomic E-state index is 0.342. The summed E-state index contributed by atoms with van der Waals surface area (Å²) in [4.78, 5) is 14.1. The van der Waals surface area contributed by atoms with Gasteiger partial charge in [0.1, 0.15) is 0 Å². The van der Waals surface area contributed by atoms with Gasteiger partial charge in [0.15, 0.2) is 0 Å². The van der Waals surface area contributed by atoms with Crippen molar-refractivity contribution in [3.63, 3.8) is 0 Å². The average molecular weight is 299 g/mol. The molecule has 0 bridgehead atoms. The highest BCUT2D eigenvalue weighted by molar-refractivity contribution is 6.32. The van der Waals surface area contributed by atoms with Gasteiger partial charge in [-0.1, -0.05) is 47.6 Å². The number of nitrogens with zero attached hydrogens (tertiary/aromatic N) is 3. The minimum Gasteiger partial charge on any atom is -0.286 e. The molecule has 1 aromatic heterocycles. The Labute approximate surface area is 135 Å². The van der Waals surface area contributed by atoms with Crippen LogP contribution >= 0.6 is 0 Å². The zero-order valence-electron chi connectivity index (χ0n) is 14.7. The third-order valence-electron chi connectivity index (χ3n) is 4.79. The van der Waals surface area contributed by atoms with Gasteiger partial charge in [-0.15, -0.1) is 0 Å². The van der Waals surface area contributed by atoms with E-state index in [4.69, 9.17) is 4.99 Å². The van der Waals surface area contributed by atoms with Crippen molar-refractivity contribution in [3.8, 4) is 0 Å². The van der Waals surface area contributed by atoms with E-state index >= 15 is 0 Å². The van der Waals surface area contributed by atoms with Crippen LogP contribution in [0.25, 0.3) is 0 Å². The fourth-order valence-corrected chi connectivity index (χ4v) is 2.64. The van der Waals surface area contributed by atoms with Crippen molar-refractivity contribution < 1.29 is 0 Å². The van der Waals surface area contributed by atoms with E-state index in [9.17, 15) is 0 Å². The van der Waals surface area contributed by atoms with Gasteiger partial charge in [0.05, 0.1) is 18.3 Å². The first kappa shape index (κ1) is 16.9. The average Bonchev–Trinajstić information content (AvgIpc) is 2.53. The zero-order valence-corrected chi connectivity index (χ0v) is 14.7. The van der Waals surface area contributed by atoms with Crippen LogP contribution in [0.4, 0.5) is 0 Å². The molecule has 0 saturated heterocycles. The molecule has 3 heteroatoms. The first-order valence-corrected chi connectivity index (χ1v) is 8.43. The summed E-state index contributed by atoms with van der Waals surface area (Å²) in [6.45, 7) is 14.1. The Morgan fingerprint density at radius 2 is 1.73 bits per heavy atom. The fraction of sp³-hybridized carbons (Fsp3) is 0.632. The molecule has 1 aromatic rings. The number of rotatable bonds is 5. The molecule has 0 saturated carbocycles.